The minimum Gasteiger partial charge on any atom is -0.290 e. The Kier molecular flexibility index (Phi) is 4.55. The van der Waals surface area contributed by atoms with E-state index in [0.717, 1.165) is 30.2 Å². The first-order valence-electron chi connectivity index (χ1n) is 7.46. The van der Waals surface area contributed by atoms with Crippen LogP contribution in [-0.4, -0.2) is 27.8 Å². The van der Waals surface area contributed by atoms with E-state index in [1.807, 2.05) is 29.2 Å². The topological polar surface area (TPSA) is 32.7 Å². The normalized spacial score (nSPS) is 25.0. The van der Waals surface area contributed by atoms with Crippen molar-refractivity contribution in [3.05, 3.63) is 29.3 Å². The number of amidine groups is 1. The Morgan fingerprint density at radius 1 is 1.29 bits per heavy atom. The lowest BCUT2D eigenvalue weighted by Crippen LogP contribution is -2.36. The third-order valence-electron chi connectivity index (χ3n) is 4.00. The van der Waals surface area contributed by atoms with Crippen LogP contribution in [0.4, 0.5) is 5.69 Å². The molecule has 2 fully saturated rings. The Morgan fingerprint density at radius 3 is 2.62 bits per heavy atom. The van der Waals surface area contributed by atoms with Crippen molar-refractivity contribution >= 4 is 40.1 Å². The molecule has 3 nitrogen and oxygen atoms in total. The smallest absolute Gasteiger partial charge is 0.231 e. The SMILES string of the molecule is C[C@H]1CN(C(=O)C2CCCC2)C(=Nc2ccc(Cl)cc2)S1. The zero-order valence-electron chi connectivity index (χ0n) is 12.1. The van der Waals surface area contributed by atoms with Crippen molar-refractivity contribution < 1.29 is 4.79 Å². The summed E-state index contributed by atoms with van der Waals surface area (Å²) < 4.78 is 0. The zero-order valence-corrected chi connectivity index (χ0v) is 13.7. The second kappa shape index (κ2) is 6.41. The molecule has 1 heterocycles. The summed E-state index contributed by atoms with van der Waals surface area (Å²) in [5.74, 6) is 0.461. The Morgan fingerprint density at radius 2 is 1.95 bits per heavy atom. The molecule has 0 unspecified atom stereocenters. The molecule has 2 aliphatic rings. The highest BCUT2D eigenvalue weighted by molar-refractivity contribution is 8.14. The molecule has 1 aliphatic carbocycles. The van der Waals surface area contributed by atoms with Gasteiger partial charge in [0, 0.05) is 22.7 Å². The van der Waals surface area contributed by atoms with E-state index in [1.165, 1.54) is 12.8 Å². The highest BCUT2D eigenvalue weighted by Crippen LogP contribution is 2.33. The van der Waals surface area contributed by atoms with E-state index in [-0.39, 0.29) is 11.8 Å². The molecule has 112 valence electrons. The summed E-state index contributed by atoms with van der Waals surface area (Å²) >= 11 is 7.58. The van der Waals surface area contributed by atoms with Crippen LogP contribution >= 0.6 is 23.4 Å². The van der Waals surface area contributed by atoms with Gasteiger partial charge in [-0.25, -0.2) is 4.99 Å². The van der Waals surface area contributed by atoms with Crippen molar-refractivity contribution in [3.8, 4) is 0 Å². The van der Waals surface area contributed by atoms with Crippen molar-refractivity contribution in [2.24, 2.45) is 10.9 Å². The van der Waals surface area contributed by atoms with Crippen LogP contribution in [0.3, 0.4) is 0 Å². The molecule has 1 aromatic carbocycles. The quantitative estimate of drug-likeness (QED) is 0.804. The van der Waals surface area contributed by atoms with E-state index >= 15 is 0 Å². The number of halogens is 1. The van der Waals surface area contributed by atoms with Crippen LogP contribution in [0.2, 0.25) is 5.02 Å². The first-order valence-corrected chi connectivity index (χ1v) is 8.71. The lowest BCUT2D eigenvalue weighted by atomic mass is 10.1. The van der Waals surface area contributed by atoms with Crippen LogP contribution in [0.1, 0.15) is 32.6 Å². The van der Waals surface area contributed by atoms with E-state index in [0.29, 0.717) is 10.3 Å². The molecule has 1 aliphatic heterocycles. The maximum Gasteiger partial charge on any atom is 0.231 e. The summed E-state index contributed by atoms with van der Waals surface area (Å²) in [6.45, 7) is 2.91. The molecule has 1 atom stereocenters. The van der Waals surface area contributed by atoms with E-state index < -0.39 is 0 Å². The third-order valence-corrected chi connectivity index (χ3v) is 5.32. The van der Waals surface area contributed by atoms with Crippen LogP contribution in [0.15, 0.2) is 29.3 Å². The highest BCUT2D eigenvalue weighted by Gasteiger charge is 2.35. The van der Waals surface area contributed by atoms with Crippen LogP contribution in [0.5, 0.6) is 0 Å². The molecule has 0 N–H and O–H groups in total. The Labute approximate surface area is 134 Å². The van der Waals surface area contributed by atoms with Crippen LogP contribution < -0.4 is 0 Å². The van der Waals surface area contributed by atoms with Gasteiger partial charge in [0.05, 0.1) is 5.69 Å². The van der Waals surface area contributed by atoms with Crippen LogP contribution in [0.25, 0.3) is 0 Å². The number of carbonyl (C=O) groups is 1. The van der Waals surface area contributed by atoms with Crippen LogP contribution in [0, 0.1) is 5.92 Å². The molecule has 0 bridgehead atoms. The fraction of sp³-hybridized carbons (Fsp3) is 0.500. The molecule has 0 aromatic heterocycles. The number of amides is 1. The predicted octanol–water partition coefficient (Wildman–Crippen LogP) is 4.48. The van der Waals surface area contributed by atoms with E-state index in [2.05, 4.69) is 11.9 Å². The van der Waals surface area contributed by atoms with E-state index in [4.69, 9.17) is 11.6 Å². The summed E-state index contributed by atoms with van der Waals surface area (Å²) in [5, 5.41) is 1.94. The van der Waals surface area contributed by atoms with Gasteiger partial charge in [0.2, 0.25) is 5.91 Å². The van der Waals surface area contributed by atoms with Gasteiger partial charge in [0.1, 0.15) is 0 Å². The number of aliphatic imine (C=N–C) groups is 1. The molecule has 1 saturated carbocycles. The fourth-order valence-corrected chi connectivity index (χ4v) is 4.07. The summed E-state index contributed by atoms with van der Waals surface area (Å²) in [4.78, 5) is 19.2. The van der Waals surface area contributed by atoms with Crippen molar-refractivity contribution in [2.45, 2.75) is 37.9 Å². The molecule has 1 amide bonds. The third kappa shape index (κ3) is 3.43. The Balaban J connectivity index is 1.81. The Hall–Kier alpha value is -1.000. The van der Waals surface area contributed by atoms with E-state index in [1.54, 1.807) is 11.8 Å². The summed E-state index contributed by atoms with van der Waals surface area (Å²) in [7, 11) is 0. The zero-order chi connectivity index (χ0) is 14.8. The number of benzene rings is 1. The molecule has 5 heteroatoms. The molecule has 21 heavy (non-hydrogen) atoms. The second-order valence-corrected chi connectivity index (χ2v) is 7.57. The number of nitrogens with zero attached hydrogens (tertiary/aromatic N) is 2. The van der Waals surface area contributed by atoms with Gasteiger partial charge in [0.25, 0.3) is 0 Å². The highest BCUT2D eigenvalue weighted by atomic mass is 35.5. The number of hydrogen-bond donors (Lipinski definition) is 0. The minimum atomic E-state index is 0.200. The van der Waals surface area contributed by atoms with Crippen molar-refractivity contribution in [3.63, 3.8) is 0 Å². The first-order chi connectivity index (χ1) is 10.1. The number of thioether (sulfide) groups is 1. The van der Waals surface area contributed by atoms with Gasteiger partial charge in [-0.3, -0.25) is 9.69 Å². The molecular weight excluding hydrogens is 304 g/mol. The maximum absolute atomic E-state index is 12.7. The van der Waals surface area contributed by atoms with Gasteiger partial charge in [-0.1, -0.05) is 43.1 Å². The van der Waals surface area contributed by atoms with Gasteiger partial charge in [-0.2, -0.15) is 0 Å². The lowest BCUT2D eigenvalue weighted by Gasteiger charge is -2.20. The number of hydrogen-bond acceptors (Lipinski definition) is 3. The summed E-state index contributed by atoms with van der Waals surface area (Å²) in [5.41, 5.74) is 0.847. The van der Waals surface area contributed by atoms with Crippen molar-refractivity contribution in [2.75, 3.05) is 6.54 Å². The largest absolute Gasteiger partial charge is 0.290 e. The summed E-state index contributed by atoms with van der Waals surface area (Å²) in [6.07, 6.45) is 4.42. The van der Waals surface area contributed by atoms with Gasteiger partial charge in [0.15, 0.2) is 5.17 Å². The van der Waals surface area contributed by atoms with Gasteiger partial charge < -0.3 is 0 Å². The van der Waals surface area contributed by atoms with E-state index in [9.17, 15) is 4.79 Å². The number of rotatable bonds is 2. The van der Waals surface area contributed by atoms with Gasteiger partial charge in [-0.05, 0) is 37.1 Å². The van der Waals surface area contributed by atoms with Gasteiger partial charge in [-0.15, -0.1) is 0 Å². The van der Waals surface area contributed by atoms with Gasteiger partial charge >= 0.3 is 0 Å². The number of carbonyl (C=O) groups excluding carboxylic acids is 1. The fourth-order valence-electron chi connectivity index (χ4n) is 2.91. The second-order valence-electron chi connectivity index (χ2n) is 5.73. The lowest BCUT2D eigenvalue weighted by molar-refractivity contribution is -0.131. The van der Waals surface area contributed by atoms with Crippen LogP contribution in [-0.2, 0) is 4.79 Å². The Bertz CT molecular complexity index is 552. The molecule has 1 saturated heterocycles. The predicted molar refractivity (Wildman–Crippen MR) is 89.3 cm³/mol. The minimum absolute atomic E-state index is 0.200. The van der Waals surface area contributed by atoms with Crippen molar-refractivity contribution in [1.82, 2.24) is 4.90 Å². The molecule has 0 radical (unpaired) electrons. The average molecular weight is 323 g/mol. The first kappa shape index (κ1) is 14.9. The molecular formula is C16H19ClN2OS. The standard InChI is InChI=1S/C16H19ClN2OS/c1-11-10-19(15(20)12-4-2-3-5-12)16(21-11)18-14-8-6-13(17)7-9-14/h6-9,11-12H,2-5,10H2,1H3/t11-/m0/s1. The average Bonchev–Trinajstić information content (AvgIpc) is 3.10. The maximum atomic E-state index is 12.7. The summed E-state index contributed by atoms with van der Waals surface area (Å²) in [6, 6.07) is 7.43. The monoisotopic (exact) mass is 322 g/mol. The molecule has 3 rings (SSSR count). The van der Waals surface area contributed by atoms with Crippen molar-refractivity contribution in [1.29, 1.82) is 0 Å². The molecule has 1 aromatic rings. The molecule has 0 spiro atoms.